The minimum absolute atomic E-state index is 0.177. The Labute approximate surface area is 239 Å². The van der Waals surface area contributed by atoms with E-state index in [-0.39, 0.29) is 12.1 Å². The van der Waals surface area contributed by atoms with E-state index in [4.69, 9.17) is 13.1 Å². The summed E-state index contributed by atoms with van der Waals surface area (Å²) in [4.78, 5) is 5.72. The third-order valence-electron chi connectivity index (χ3n) is 7.11. The summed E-state index contributed by atoms with van der Waals surface area (Å²) in [7, 11) is 0. The molecule has 0 aliphatic heterocycles. The molecule has 2 aliphatic carbocycles. The monoisotopic (exact) mass is 612 g/mol. The summed E-state index contributed by atoms with van der Waals surface area (Å²) in [6, 6.07) is 2.34. The molecular formula is C30H6F10N4. The fourth-order valence-electron chi connectivity index (χ4n) is 5.33. The predicted octanol–water partition coefficient (Wildman–Crippen LogP) is 5.98. The molecule has 0 saturated carbocycles. The molecule has 4 nitrogen and oxygen atoms in total. The molecule has 5 rings (SSSR count). The van der Waals surface area contributed by atoms with Crippen molar-refractivity contribution in [2.75, 3.05) is 0 Å². The summed E-state index contributed by atoms with van der Waals surface area (Å²) in [5.41, 5.74) is -9.83. The quantitative estimate of drug-likeness (QED) is 0.155. The second-order valence-corrected chi connectivity index (χ2v) is 9.23. The summed E-state index contributed by atoms with van der Waals surface area (Å²) in [5.74, 6) is -20.6. The Morgan fingerprint density at radius 3 is 1.25 bits per heavy atom. The molecule has 0 atom stereocenters. The van der Waals surface area contributed by atoms with E-state index in [1.807, 2.05) is 0 Å². The van der Waals surface area contributed by atoms with Gasteiger partial charge in [-0.15, -0.1) is 0 Å². The first-order valence-electron chi connectivity index (χ1n) is 11.8. The SMILES string of the molecule is [C-]#[N+]C([N+]#[C-])=C1Cc2c(F)c3c(c(F)c2=C1c1c(F)c(F)cc(F)c1F)CC(=C(C#N)C#N)C=3c1c(F)c(F)cc(F)c1F. The summed E-state index contributed by atoms with van der Waals surface area (Å²) < 4.78 is 150. The van der Waals surface area contributed by atoms with Gasteiger partial charge in [0, 0.05) is 52.1 Å². The van der Waals surface area contributed by atoms with Gasteiger partial charge in [0.2, 0.25) is 0 Å². The van der Waals surface area contributed by atoms with Crippen LogP contribution in [0, 0.1) is 94.0 Å². The van der Waals surface area contributed by atoms with Gasteiger partial charge in [0.1, 0.15) is 42.5 Å². The van der Waals surface area contributed by atoms with Crippen LogP contribution >= 0.6 is 0 Å². The number of benzene rings is 3. The molecule has 0 spiro atoms. The minimum atomic E-state index is -2.10. The van der Waals surface area contributed by atoms with E-state index in [2.05, 4.69) is 9.69 Å². The predicted molar refractivity (Wildman–Crippen MR) is 129 cm³/mol. The molecule has 0 heterocycles. The van der Waals surface area contributed by atoms with Gasteiger partial charge in [0.25, 0.3) is 0 Å². The van der Waals surface area contributed by atoms with Crippen molar-refractivity contribution in [3.63, 3.8) is 0 Å². The number of allylic oxidation sites excluding steroid dienone is 3. The fraction of sp³-hybridized carbons (Fsp3) is 0.0667. The Morgan fingerprint density at radius 2 is 0.909 bits per heavy atom. The third kappa shape index (κ3) is 3.96. The van der Waals surface area contributed by atoms with Crippen molar-refractivity contribution in [1.82, 2.24) is 0 Å². The Hall–Kier alpha value is -5.86. The van der Waals surface area contributed by atoms with Gasteiger partial charge >= 0.3 is 5.82 Å². The van der Waals surface area contributed by atoms with E-state index in [1.54, 1.807) is 0 Å². The summed E-state index contributed by atoms with van der Waals surface area (Å²) in [5, 5.41) is 16.7. The maximum absolute atomic E-state index is 16.5. The lowest BCUT2D eigenvalue weighted by atomic mass is 9.94. The van der Waals surface area contributed by atoms with Crippen molar-refractivity contribution >= 4 is 11.1 Å². The molecule has 3 aromatic carbocycles. The zero-order valence-corrected chi connectivity index (χ0v) is 21.1. The molecule has 0 aromatic heterocycles. The van der Waals surface area contributed by atoms with E-state index in [0.717, 1.165) is 0 Å². The van der Waals surface area contributed by atoms with Crippen LogP contribution in [-0.4, -0.2) is 0 Å². The molecule has 44 heavy (non-hydrogen) atoms. The molecule has 0 amide bonds. The molecule has 0 radical (unpaired) electrons. The highest BCUT2D eigenvalue weighted by atomic mass is 19.2. The summed E-state index contributed by atoms with van der Waals surface area (Å²) in [6.07, 6.45) is -2.07. The summed E-state index contributed by atoms with van der Waals surface area (Å²) in [6.45, 7) is 14.5. The number of fused-ring (bicyclic) bond motifs is 2. The second-order valence-electron chi connectivity index (χ2n) is 9.23. The number of hydrogen-bond acceptors (Lipinski definition) is 2. The first-order chi connectivity index (χ1) is 20.8. The lowest BCUT2D eigenvalue weighted by molar-refractivity contribution is 0.450. The largest absolute Gasteiger partial charge is 0.523 e. The summed E-state index contributed by atoms with van der Waals surface area (Å²) >= 11 is 0. The first-order valence-corrected chi connectivity index (χ1v) is 11.8. The van der Waals surface area contributed by atoms with Crippen LogP contribution in [0.25, 0.3) is 20.8 Å². The first kappa shape index (κ1) is 29.6. The van der Waals surface area contributed by atoms with Crippen molar-refractivity contribution in [3.05, 3.63) is 148 Å². The van der Waals surface area contributed by atoms with Crippen molar-refractivity contribution in [2.45, 2.75) is 12.8 Å². The Balaban J connectivity index is 2.12. The van der Waals surface area contributed by atoms with Gasteiger partial charge in [-0.2, -0.15) is 20.2 Å². The van der Waals surface area contributed by atoms with Gasteiger partial charge in [-0.1, -0.05) is 0 Å². The zero-order valence-electron chi connectivity index (χ0n) is 21.1. The molecule has 0 fully saturated rings. The van der Waals surface area contributed by atoms with Crippen LogP contribution < -0.4 is 10.4 Å². The highest BCUT2D eigenvalue weighted by Gasteiger charge is 2.40. The smallest absolute Gasteiger partial charge is 0.206 e. The molecule has 3 aromatic rings. The highest BCUT2D eigenvalue weighted by molar-refractivity contribution is 5.89. The Morgan fingerprint density at radius 1 is 0.568 bits per heavy atom. The molecule has 14 heteroatoms. The molecule has 2 aliphatic rings. The lowest BCUT2D eigenvalue weighted by Crippen LogP contribution is -2.28. The van der Waals surface area contributed by atoms with Gasteiger partial charge in [0.05, 0.1) is 16.7 Å². The average molecular weight is 612 g/mol. The van der Waals surface area contributed by atoms with Gasteiger partial charge in [-0.25, -0.2) is 43.9 Å². The van der Waals surface area contributed by atoms with E-state index in [9.17, 15) is 28.1 Å². The van der Waals surface area contributed by atoms with E-state index in [1.165, 1.54) is 12.1 Å². The zero-order chi connectivity index (χ0) is 32.4. The van der Waals surface area contributed by atoms with E-state index < -0.39 is 137 Å². The number of halogens is 10. The maximum atomic E-state index is 16.5. The normalized spacial score (nSPS) is 13.2. The standard InChI is InChI=1S/C30H6F10N4/c1-43-30(44-2)13-4-12-21(19(13)23-28(39)16(33)6-17(34)29(23)40)24(35)11-3-10(9(7-41)8-42)18(20(11)25(12)36)22-26(37)14(31)5-15(32)27(22)38/h5-6H,3-4H2. The minimum Gasteiger partial charge on any atom is -0.206 e. The molecule has 0 bridgehead atoms. The van der Waals surface area contributed by atoms with Gasteiger partial charge < -0.3 is 0 Å². The molecular weight excluding hydrogens is 606 g/mol. The topological polar surface area (TPSA) is 56.3 Å². The third-order valence-corrected chi connectivity index (χ3v) is 7.11. The van der Waals surface area contributed by atoms with Crippen LogP contribution in [0.4, 0.5) is 43.9 Å². The van der Waals surface area contributed by atoms with Gasteiger partial charge in [-0.05, 0) is 11.1 Å². The van der Waals surface area contributed by atoms with Crippen molar-refractivity contribution in [2.24, 2.45) is 0 Å². The molecule has 0 unspecified atom stereocenters. The molecule has 0 saturated heterocycles. The van der Waals surface area contributed by atoms with Crippen LogP contribution in [0.1, 0.15) is 22.3 Å². The Bertz CT molecular complexity index is 2030. The van der Waals surface area contributed by atoms with E-state index in [0.29, 0.717) is 0 Å². The van der Waals surface area contributed by atoms with Gasteiger partial charge in [-0.3, -0.25) is 0 Å². The fourth-order valence-corrected chi connectivity index (χ4v) is 5.33. The average Bonchev–Trinajstić information content (AvgIpc) is 3.57. The van der Waals surface area contributed by atoms with Crippen molar-refractivity contribution < 1.29 is 43.9 Å². The highest BCUT2D eigenvalue weighted by Crippen LogP contribution is 2.40. The van der Waals surface area contributed by atoms with Gasteiger partial charge in [0.15, 0.2) is 46.5 Å². The number of rotatable bonds is 2. The Kier molecular flexibility index (Phi) is 7.03. The van der Waals surface area contributed by atoms with E-state index >= 15 is 26.3 Å². The number of hydrogen-bond donors (Lipinski definition) is 0. The molecule has 216 valence electrons. The maximum Gasteiger partial charge on any atom is 0.523 e. The number of nitrogens with zero attached hydrogens (tertiary/aromatic N) is 4. The van der Waals surface area contributed by atoms with Crippen molar-refractivity contribution in [1.29, 1.82) is 10.5 Å². The van der Waals surface area contributed by atoms with Crippen molar-refractivity contribution in [3.8, 4) is 12.1 Å². The van der Waals surface area contributed by atoms with Crippen LogP contribution in [0.15, 0.2) is 34.7 Å². The van der Waals surface area contributed by atoms with Crippen LogP contribution in [0.5, 0.6) is 0 Å². The van der Waals surface area contributed by atoms with Crippen LogP contribution in [-0.2, 0) is 12.8 Å². The number of nitriles is 2. The second kappa shape index (κ2) is 10.4. The van der Waals surface area contributed by atoms with Crippen LogP contribution in [0.3, 0.4) is 0 Å². The molecule has 0 N–H and O–H groups in total. The lowest BCUT2D eigenvalue weighted by Gasteiger charge is -2.11. The van der Waals surface area contributed by atoms with Crippen LogP contribution in [0.2, 0.25) is 0 Å².